The predicted molar refractivity (Wildman–Crippen MR) is 122 cm³/mol. The molecule has 4 aliphatic heterocycles. The van der Waals surface area contributed by atoms with Gasteiger partial charge in [-0.25, -0.2) is 9.79 Å². The second kappa shape index (κ2) is 8.38. The third kappa shape index (κ3) is 3.74. The number of hydrogen-bond acceptors (Lipinski definition) is 7. The highest BCUT2D eigenvalue weighted by Gasteiger charge is 2.51. The Morgan fingerprint density at radius 2 is 1.81 bits per heavy atom. The Balaban J connectivity index is 1.17. The van der Waals surface area contributed by atoms with E-state index in [0.717, 1.165) is 62.5 Å². The topological polar surface area (TPSA) is 74.7 Å². The number of amides is 3. The first-order valence-corrected chi connectivity index (χ1v) is 11.4. The summed E-state index contributed by atoms with van der Waals surface area (Å²) in [7, 11) is 1.68. The van der Waals surface area contributed by atoms with Gasteiger partial charge in [0.05, 0.1) is 0 Å². The van der Waals surface area contributed by atoms with Gasteiger partial charge in [-0.3, -0.25) is 19.9 Å². The quantitative estimate of drug-likeness (QED) is 0.715. The Hall–Kier alpha value is -2.62. The molecular weight excluding hydrogens is 430 g/mol. The van der Waals surface area contributed by atoms with E-state index >= 15 is 0 Å². The smallest absolute Gasteiger partial charge is 0.313 e. The molecule has 5 rings (SSSR count). The average Bonchev–Trinajstić information content (AvgIpc) is 3.28. The standard InChI is InChI=1S/C22H28ClN7O2/c1-15-13-30-18-19(26(2)22(32)25-20(18)31)24-21(30)29(15)12-11-27-7-9-28(10-8-27)14-16-5-3-4-6-17(16)23/h3-6,13,18-19H,7-12,14H2,1-2H3,(H,25,31,32). The summed E-state index contributed by atoms with van der Waals surface area (Å²) in [5.74, 6) is 0.462. The number of hydrogen-bond donors (Lipinski definition) is 1. The maximum atomic E-state index is 12.4. The zero-order valence-electron chi connectivity index (χ0n) is 18.4. The molecule has 0 radical (unpaired) electrons. The highest BCUT2D eigenvalue weighted by Crippen LogP contribution is 2.31. The molecule has 32 heavy (non-hydrogen) atoms. The summed E-state index contributed by atoms with van der Waals surface area (Å²) in [6.07, 6.45) is 1.49. The fraction of sp³-hybridized carbons (Fsp3) is 0.500. The van der Waals surface area contributed by atoms with Crippen molar-refractivity contribution in [3.8, 4) is 0 Å². The van der Waals surface area contributed by atoms with Crippen molar-refractivity contribution >= 4 is 29.5 Å². The number of halogens is 1. The van der Waals surface area contributed by atoms with Gasteiger partial charge in [0, 0.05) is 69.8 Å². The van der Waals surface area contributed by atoms with Gasteiger partial charge in [0.25, 0.3) is 5.91 Å². The van der Waals surface area contributed by atoms with Crippen LogP contribution in [0.2, 0.25) is 5.02 Å². The monoisotopic (exact) mass is 457 g/mol. The summed E-state index contributed by atoms with van der Waals surface area (Å²) in [6.45, 7) is 8.63. The molecule has 4 aliphatic rings. The number of urea groups is 1. The maximum Gasteiger partial charge on any atom is 0.325 e. The SMILES string of the molecule is CC1=CN2C(=NC3C2C(=O)NC(=O)N3C)N1CCN1CCN(Cc2ccccc2Cl)CC1. The number of guanidine groups is 1. The van der Waals surface area contributed by atoms with Crippen LogP contribution in [0.3, 0.4) is 0 Å². The second-order valence-electron chi connectivity index (χ2n) is 8.73. The number of carbonyl (C=O) groups excluding carboxylic acids is 2. The molecule has 170 valence electrons. The fourth-order valence-corrected chi connectivity index (χ4v) is 5.00. The second-order valence-corrected chi connectivity index (χ2v) is 9.14. The lowest BCUT2D eigenvalue weighted by molar-refractivity contribution is -0.126. The summed E-state index contributed by atoms with van der Waals surface area (Å²) < 4.78 is 0. The van der Waals surface area contributed by atoms with E-state index in [4.69, 9.17) is 16.6 Å². The van der Waals surface area contributed by atoms with Gasteiger partial charge in [0.1, 0.15) is 0 Å². The highest BCUT2D eigenvalue weighted by atomic mass is 35.5. The van der Waals surface area contributed by atoms with Crippen LogP contribution in [0.1, 0.15) is 12.5 Å². The molecule has 3 amide bonds. The van der Waals surface area contributed by atoms with Crippen molar-refractivity contribution in [3.63, 3.8) is 0 Å². The Bertz CT molecular complexity index is 988. The first-order valence-electron chi connectivity index (χ1n) is 11.0. The molecule has 1 aromatic carbocycles. The number of nitrogens with zero attached hydrogens (tertiary/aromatic N) is 6. The number of benzene rings is 1. The van der Waals surface area contributed by atoms with Gasteiger partial charge in [0.15, 0.2) is 12.2 Å². The van der Waals surface area contributed by atoms with E-state index in [2.05, 4.69) is 26.1 Å². The molecule has 10 heteroatoms. The van der Waals surface area contributed by atoms with Gasteiger partial charge in [-0.1, -0.05) is 29.8 Å². The lowest BCUT2D eigenvalue weighted by Gasteiger charge is -2.36. The zero-order chi connectivity index (χ0) is 22.4. The number of piperazine rings is 1. The van der Waals surface area contributed by atoms with E-state index in [-0.39, 0.29) is 5.91 Å². The summed E-state index contributed by atoms with van der Waals surface area (Å²) in [5.41, 5.74) is 2.24. The lowest BCUT2D eigenvalue weighted by atomic mass is 10.1. The van der Waals surface area contributed by atoms with Crippen LogP contribution in [0.25, 0.3) is 0 Å². The van der Waals surface area contributed by atoms with Crippen LogP contribution < -0.4 is 5.32 Å². The molecule has 1 N–H and O–H groups in total. The van der Waals surface area contributed by atoms with E-state index in [0.29, 0.717) is 0 Å². The van der Waals surface area contributed by atoms with Crippen molar-refractivity contribution in [2.75, 3.05) is 46.3 Å². The van der Waals surface area contributed by atoms with E-state index in [1.807, 2.05) is 36.2 Å². The summed E-state index contributed by atoms with van der Waals surface area (Å²) in [4.78, 5) is 39.6. The van der Waals surface area contributed by atoms with Crippen molar-refractivity contribution in [3.05, 3.63) is 46.7 Å². The number of allylic oxidation sites excluding steroid dienone is 1. The van der Waals surface area contributed by atoms with Crippen LogP contribution in [-0.4, -0.2) is 101 Å². The van der Waals surface area contributed by atoms with Crippen LogP contribution in [0, 0.1) is 0 Å². The largest absolute Gasteiger partial charge is 0.325 e. The van der Waals surface area contributed by atoms with Gasteiger partial charge in [-0.2, -0.15) is 0 Å². The Morgan fingerprint density at radius 1 is 1.09 bits per heavy atom. The molecule has 0 spiro atoms. The molecule has 2 saturated heterocycles. The Labute approximate surface area is 192 Å². The summed E-state index contributed by atoms with van der Waals surface area (Å²) in [6, 6.07) is 7.14. The normalized spacial score (nSPS) is 26.2. The van der Waals surface area contributed by atoms with Gasteiger partial charge in [-0.15, -0.1) is 0 Å². The van der Waals surface area contributed by atoms with Crippen LogP contribution in [0.4, 0.5) is 4.79 Å². The zero-order valence-corrected chi connectivity index (χ0v) is 19.1. The van der Waals surface area contributed by atoms with E-state index < -0.39 is 18.2 Å². The fourth-order valence-electron chi connectivity index (χ4n) is 4.80. The molecule has 0 saturated carbocycles. The molecular formula is C22H28ClN7O2. The third-order valence-electron chi connectivity index (χ3n) is 6.73. The van der Waals surface area contributed by atoms with Crippen LogP contribution in [0.15, 0.2) is 41.2 Å². The Morgan fingerprint density at radius 3 is 2.56 bits per heavy atom. The minimum atomic E-state index is -0.499. The first kappa shape index (κ1) is 21.2. The molecule has 4 heterocycles. The summed E-state index contributed by atoms with van der Waals surface area (Å²) >= 11 is 6.31. The number of fused-ring (bicyclic) bond motifs is 3. The molecule has 2 fully saturated rings. The number of likely N-dealkylation sites (N-methyl/N-ethyl adjacent to an activating group) is 1. The molecule has 9 nitrogen and oxygen atoms in total. The van der Waals surface area contributed by atoms with Gasteiger partial charge < -0.3 is 14.7 Å². The van der Waals surface area contributed by atoms with Crippen molar-refractivity contribution in [1.29, 1.82) is 0 Å². The number of nitrogens with one attached hydrogen (secondary N) is 1. The van der Waals surface area contributed by atoms with Crippen molar-refractivity contribution in [2.45, 2.75) is 25.7 Å². The predicted octanol–water partition coefficient (Wildman–Crippen LogP) is 1.18. The number of aliphatic imine (C=N–C) groups is 1. The van der Waals surface area contributed by atoms with E-state index in [1.165, 1.54) is 10.5 Å². The molecule has 0 bridgehead atoms. The molecule has 1 aromatic rings. The van der Waals surface area contributed by atoms with Gasteiger partial charge in [0.2, 0.25) is 5.96 Å². The van der Waals surface area contributed by atoms with E-state index in [9.17, 15) is 9.59 Å². The van der Waals surface area contributed by atoms with Crippen molar-refractivity contribution in [2.24, 2.45) is 4.99 Å². The first-order chi connectivity index (χ1) is 15.4. The van der Waals surface area contributed by atoms with Crippen molar-refractivity contribution in [1.82, 2.24) is 29.8 Å². The van der Waals surface area contributed by atoms with Crippen LogP contribution in [0.5, 0.6) is 0 Å². The molecule has 2 unspecified atom stereocenters. The number of carbonyl (C=O) groups is 2. The van der Waals surface area contributed by atoms with E-state index in [1.54, 1.807) is 7.05 Å². The number of imide groups is 1. The minimum Gasteiger partial charge on any atom is -0.313 e. The van der Waals surface area contributed by atoms with Crippen LogP contribution in [-0.2, 0) is 11.3 Å². The highest BCUT2D eigenvalue weighted by molar-refractivity contribution is 6.31. The van der Waals surface area contributed by atoms with Crippen LogP contribution >= 0.6 is 11.6 Å². The third-order valence-corrected chi connectivity index (χ3v) is 7.10. The average molecular weight is 458 g/mol. The molecule has 2 atom stereocenters. The van der Waals surface area contributed by atoms with Crippen molar-refractivity contribution < 1.29 is 9.59 Å². The molecule has 0 aliphatic carbocycles. The van der Waals surface area contributed by atoms with Gasteiger partial charge in [-0.05, 0) is 18.6 Å². The minimum absolute atomic E-state index is 0.294. The lowest BCUT2D eigenvalue weighted by Crippen LogP contribution is -2.62. The Kier molecular flexibility index (Phi) is 5.56. The number of rotatable bonds is 5. The van der Waals surface area contributed by atoms with Gasteiger partial charge >= 0.3 is 6.03 Å². The maximum absolute atomic E-state index is 12.4. The summed E-state index contributed by atoms with van der Waals surface area (Å²) in [5, 5.41) is 3.24. The molecule has 0 aromatic heterocycles.